The van der Waals surface area contributed by atoms with Crippen molar-refractivity contribution in [1.29, 1.82) is 0 Å². The Balaban J connectivity index is 3.06. The lowest BCUT2D eigenvalue weighted by molar-refractivity contribution is -0.384. The zero-order valence-electron chi connectivity index (χ0n) is 10.1. The number of anilines is 1. The molecule has 2 N–H and O–H groups in total. The molecule has 0 aliphatic heterocycles. The van der Waals surface area contributed by atoms with Crippen molar-refractivity contribution in [2.24, 2.45) is 0 Å². The van der Waals surface area contributed by atoms with Gasteiger partial charge in [0.25, 0.3) is 5.69 Å². The lowest BCUT2D eigenvalue weighted by atomic mass is 10.1. The maximum Gasteiger partial charge on any atom is 0.295 e. The topological polar surface area (TPSA) is 84.6 Å². The predicted molar refractivity (Wildman–Crippen MR) is 64.2 cm³/mol. The number of nitro groups is 1. The van der Waals surface area contributed by atoms with Crippen LogP contribution in [0, 0.1) is 22.9 Å². The minimum atomic E-state index is -0.675. The van der Waals surface area contributed by atoms with Crippen LogP contribution in [0.25, 0.3) is 0 Å². The number of halogens is 1. The van der Waals surface area contributed by atoms with Gasteiger partial charge in [0.1, 0.15) is 11.5 Å². The number of nitrogens with one attached hydrogen (secondary N) is 1. The molecule has 0 bridgehead atoms. The normalized spacial score (nSPS) is 12.2. The van der Waals surface area contributed by atoms with Gasteiger partial charge in [-0.1, -0.05) is 0 Å². The molecule has 1 aromatic carbocycles. The number of hydrogen-bond acceptors (Lipinski definition) is 5. The minimum Gasteiger partial charge on any atom is -0.394 e. The van der Waals surface area contributed by atoms with E-state index in [9.17, 15) is 14.5 Å². The Kier molecular flexibility index (Phi) is 4.99. The van der Waals surface area contributed by atoms with Crippen LogP contribution in [0.15, 0.2) is 12.1 Å². The molecule has 100 valence electrons. The summed E-state index contributed by atoms with van der Waals surface area (Å²) < 4.78 is 18.1. The summed E-state index contributed by atoms with van der Waals surface area (Å²) in [5.41, 5.74) is 0.0832. The molecule has 1 rings (SSSR count). The highest BCUT2D eigenvalue weighted by molar-refractivity contribution is 5.63. The van der Waals surface area contributed by atoms with Gasteiger partial charge in [-0.3, -0.25) is 10.1 Å². The highest BCUT2D eigenvalue weighted by Crippen LogP contribution is 2.28. The maximum atomic E-state index is 13.3. The fourth-order valence-electron chi connectivity index (χ4n) is 1.50. The van der Waals surface area contributed by atoms with Gasteiger partial charge in [-0.05, 0) is 18.6 Å². The quantitative estimate of drug-likeness (QED) is 0.596. The van der Waals surface area contributed by atoms with E-state index in [1.54, 1.807) is 0 Å². The van der Waals surface area contributed by atoms with Crippen LogP contribution < -0.4 is 5.32 Å². The van der Waals surface area contributed by atoms with Gasteiger partial charge in [0.05, 0.1) is 30.2 Å². The van der Waals surface area contributed by atoms with Crippen LogP contribution in [0.4, 0.5) is 15.8 Å². The summed E-state index contributed by atoms with van der Waals surface area (Å²) >= 11 is 0. The van der Waals surface area contributed by atoms with E-state index < -0.39 is 16.8 Å². The Hall–Kier alpha value is -1.73. The number of nitro benzene ring substituents is 1. The third-order valence-corrected chi connectivity index (χ3v) is 2.42. The van der Waals surface area contributed by atoms with Crippen molar-refractivity contribution in [1.82, 2.24) is 0 Å². The first kappa shape index (κ1) is 14.3. The zero-order chi connectivity index (χ0) is 13.7. The number of ether oxygens (including phenoxy) is 1. The summed E-state index contributed by atoms with van der Waals surface area (Å²) in [6, 6.07) is 1.71. The molecule has 0 saturated carbocycles. The van der Waals surface area contributed by atoms with E-state index in [1.807, 2.05) is 0 Å². The van der Waals surface area contributed by atoms with Crippen molar-refractivity contribution in [2.75, 3.05) is 25.6 Å². The number of aliphatic hydroxyl groups is 1. The number of aryl methyl sites for hydroxylation is 1. The Morgan fingerprint density at radius 2 is 2.28 bits per heavy atom. The Morgan fingerprint density at radius 3 is 2.78 bits per heavy atom. The van der Waals surface area contributed by atoms with Crippen molar-refractivity contribution < 1.29 is 19.2 Å². The summed E-state index contributed by atoms with van der Waals surface area (Å²) in [5.74, 6) is -0.639. The van der Waals surface area contributed by atoms with E-state index in [0.29, 0.717) is 0 Å². The number of hydrogen-bond donors (Lipinski definition) is 2. The molecule has 0 fully saturated rings. The average Bonchev–Trinajstić information content (AvgIpc) is 2.32. The minimum absolute atomic E-state index is 0.162. The second-order valence-electron chi connectivity index (χ2n) is 3.85. The Morgan fingerprint density at radius 1 is 1.61 bits per heavy atom. The fraction of sp³-hybridized carbons (Fsp3) is 0.455. The van der Waals surface area contributed by atoms with Crippen molar-refractivity contribution in [3.63, 3.8) is 0 Å². The second kappa shape index (κ2) is 6.27. The van der Waals surface area contributed by atoms with Crippen LogP contribution in [-0.2, 0) is 4.74 Å². The molecule has 1 unspecified atom stereocenters. The summed E-state index contributed by atoms with van der Waals surface area (Å²) in [6.07, 6.45) is 0. The molecular weight excluding hydrogens is 243 g/mol. The van der Waals surface area contributed by atoms with E-state index in [2.05, 4.69) is 5.32 Å². The van der Waals surface area contributed by atoms with E-state index in [1.165, 1.54) is 20.1 Å². The summed E-state index contributed by atoms with van der Waals surface area (Å²) in [7, 11) is 1.45. The molecule has 1 atom stereocenters. The molecule has 1 aromatic rings. The van der Waals surface area contributed by atoms with Crippen LogP contribution in [0.3, 0.4) is 0 Å². The van der Waals surface area contributed by atoms with Crippen molar-refractivity contribution in [2.45, 2.75) is 13.0 Å². The number of nitrogens with zero attached hydrogens (tertiary/aromatic N) is 1. The van der Waals surface area contributed by atoms with E-state index in [0.717, 1.165) is 6.07 Å². The van der Waals surface area contributed by atoms with Crippen molar-refractivity contribution in [3.8, 4) is 0 Å². The highest BCUT2D eigenvalue weighted by atomic mass is 19.1. The second-order valence-corrected chi connectivity index (χ2v) is 3.85. The van der Waals surface area contributed by atoms with Gasteiger partial charge in [0, 0.05) is 7.11 Å². The van der Waals surface area contributed by atoms with E-state index >= 15 is 0 Å². The van der Waals surface area contributed by atoms with Crippen LogP contribution in [-0.4, -0.2) is 36.4 Å². The van der Waals surface area contributed by atoms with Gasteiger partial charge in [-0.25, -0.2) is 4.39 Å². The molecule has 0 amide bonds. The number of methoxy groups -OCH3 is 1. The highest BCUT2D eigenvalue weighted by Gasteiger charge is 2.19. The zero-order valence-corrected chi connectivity index (χ0v) is 10.1. The molecule has 6 nitrogen and oxygen atoms in total. The lowest BCUT2D eigenvalue weighted by Gasteiger charge is -2.17. The first-order valence-corrected chi connectivity index (χ1v) is 5.30. The predicted octanol–water partition coefficient (Wildman–Crippen LogP) is 1.46. The molecule has 0 heterocycles. The van der Waals surface area contributed by atoms with Crippen LogP contribution >= 0.6 is 0 Å². The maximum absolute atomic E-state index is 13.3. The molecule has 7 heteroatoms. The van der Waals surface area contributed by atoms with Crippen molar-refractivity contribution >= 4 is 11.4 Å². The molecule has 18 heavy (non-hydrogen) atoms. The largest absolute Gasteiger partial charge is 0.394 e. The fourth-order valence-corrected chi connectivity index (χ4v) is 1.50. The van der Waals surface area contributed by atoms with Crippen molar-refractivity contribution in [3.05, 3.63) is 33.6 Å². The third-order valence-electron chi connectivity index (χ3n) is 2.42. The first-order valence-electron chi connectivity index (χ1n) is 5.30. The number of rotatable bonds is 6. The smallest absolute Gasteiger partial charge is 0.295 e. The first-order chi connectivity index (χ1) is 8.49. The summed E-state index contributed by atoms with van der Waals surface area (Å²) in [6.45, 7) is 1.44. The Bertz CT molecular complexity index is 439. The molecule has 0 radical (unpaired) electrons. The standard InChI is InChI=1S/C11H15FN2O4/c1-7-3-10(13-8(5-15)6-18-2)11(14(16)17)4-9(7)12/h3-4,8,13,15H,5-6H2,1-2H3. The van der Waals surface area contributed by atoms with E-state index in [-0.39, 0.29) is 30.2 Å². The van der Waals surface area contributed by atoms with Gasteiger partial charge in [-0.2, -0.15) is 0 Å². The van der Waals surface area contributed by atoms with E-state index in [4.69, 9.17) is 9.84 Å². The van der Waals surface area contributed by atoms with Crippen LogP contribution in [0.5, 0.6) is 0 Å². The van der Waals surface area contributed by atoms with Gasteiger partial charge < -0.3 is 15.2 Å². The van der Waals surface area contributed by atoms with Gasteiger partial charge in [0.2, 0.25) is 0 Å². The summed E-state index contributed by atoms with van der Waals surface area (Å²) in [4.78, 5) is 10.1. The SMILES string of the molecule is COCC(CO)Nc1cc(C)c(F)cc1[N+](=O)[O-]. The van der Waals surface area contributed by atoms with Gasteiger partial charge in [-0.15, -0.1) is 0 Å². The Labute approximate surface area is 104 Å². The number of aliphatic hydroxyl groups excluding tert-OH is 1. The molecule has 0 spiro atoms. The number of benzene rings is 1. The molecule has 0 aliphatic carbocycles. The van der Waals surface area contributed by atoms with Gasteiger partial charge >= 0.3 is 0 Å². The van der Waals surface area contributed by atoms with Gasteiger partial charge in [0.15, 0.2) is 0 Å². The van der Waals surface area contributed by atoms with Crippen LogP contribution in [0.2, 0.25) is 0 Å². The molecular formula is C11H15FN2O4. The monoisotopic (exact) mass is 258 g/mol. The molecule has 0 aromatic heterocycles. The molecule has 0 saturated heterocycles. The van der Waals surface area contributed by atoms with Crippen LogP contribution in [0.1, 0.15) is 5.56 Å². The lowest BCUT2D eigenvalue weighted by Crippen LogP contribution is -2.29. The average molecular weight is 258 g/mol. The summed E-state index contributed by atoms with van der Waals surface area (Å²) in [5, 5.41) is 22.7. The molecule has 0 aliphatic rings. The third kappa shape index (κ3) is 3.38.